The Morgan fingerprint density at radius 3 is 2.95 bits per heavy atom. The molecule has 0 aliphatic heterocycles. The van der Waals surface area contributed by atoms with E-state index in [4.69, 9.17) is 0 Å². The van der Waals surface area contributed by atoms with E-state index >= 15 is 0 Å². The molecular formula is C17H17BrN2O. The number of amides is 1. The van der Waals surface area contributed by atoms with Crippen LogP contribution in [0.4, 0.5) is 0 Å². The molecular weight excluding hydrogens is 328 g/mol. The molecule has 1 N–H and O–H groups in total. The van der Waals surface area contributed by atoms with Crippen LogP contribution in [0.15, 0.2) is 53.1 Å². The molecule has 2 atom stereocenters. The summed E-state index contributed by atoms with van der Waals surface area (Å²) in [5.74, 6) is 0.663. The quantitative estimate of drug-likeness (QED) is 0.903. The number of halogens is 1. The Morgan fingerprint density at radius 1 is 1.29 bits per heavy atom. The molecule has 1 aliphatic rings. The van der Waals surface area contributed by atoms with Crippen LogP contribution in [0.2, 0.25) is 0 Å². The second-order valence-corrected chi connectivity index (χ2v) is 6.28. The van der Waals surface area contributed by atoms with Crippen LogP contribution in [0.5, 0.6) is 0 Å². The van der Waals surface area contributed by atoms with Gasteiger partial charge in [-0.15, -0.1) is 0 Å². The van der Waals surface area contributed by atoms with Crippen molar-refractivity contribution in [3.63, 3.8) is 0 Å². The van der Waals surface area contributed by atoms with E-state index in [1.807, 2.05) is 30.3 Å². The number of hydrogen-bond acceptors (Lipinski definition) is 2. The standard InChI is InChI=1S/C17H17BrN2O/c18-13-5-3-4-12(10-13)15-11-16(15)17(21)20-9-7-14-6-1-2-8-19-14/h1-6,8,10,15-16H,7,9,11H2,(H,20,21)/t15-,16+/m1/s1. The van der Waals surface area contributed by atoms with Gasteiger partial charge >= 0.3 is 0 Å². The normalized spacial score (nSPS) is 20.0. The largest absolute Gasteiger partial charge is 0.355 e. The molecule has 1 heterocycles. The Hall–Kier alpha value is -1.68. The van der Waals surface area contributed by atoms with Gasteiger partial charge in [-0.1, -0.05) is 34.1 Å². The van der Waals surface area contributed by atoms with Gasteiger partial charge in [-0.25, -0.2) is 0 Å². The van der Waals surface area contributed by atoms with Crippen molar-refractivity contribution in [2.24, 2.45) is 5.92 Å². The summed E-state index contributed by atoms with van der Waals surface area (Å²) < 4.78 is 1.07. The van der Waals surface area contributed by atoms with Crippen molar-refractivity contribution in [1.29, 1.82) is 0 Å². The molecule has 2 aromatic rings. The van der Waals surface area contributed by atoms with Crippen LogP contribution in [-0.4, -0.2) is 17.4 Å². The fourth-order valence-corrected chi connectivity index (χ4v) is 3.00. The van der Waals surface area contributed by atoms with Crippen LogP contribution in [0.25, 0.3) is 0 Å². The molecule has 0 spiro atoms. The first-order valence-corrected chi connectivity index (χ1v) is 7.96. The van der Waals surface area contributed by atoms with Gasteiger partial charge in [0.05, 0.1) is 0 Å². The average molecular weight is 345 g/mol. The maximum Gasteiger partial charge on any atom is 0.223 e. The third-order valence-corrected chi connectivity index (χ3v) is 4.30. The van der Waals surface area contributed by atoms with Gasteiger partial charge in [0.1, 0.15) is 0 Å². The smallest absolute Gasteiger partial charge is 0.223 e. The number of aromatic nitrogens is 1. The summed E-state index contributed by atoms with van der Waals surface area (Å²) in [6.07, 6.45) is 3.51. The van der Waals surface area contributed by atoms with Gasteiger partial charge in [0.2, 0.25) is 5.91 Å². The molecule has 0 bridgehead atoms. The number of nitrogens with zero attached hydrogens (tertiary/aromatic N) is 1. The SMILES string of the molecule is O=C(NCCc1ccccn1)[C@H]1C[C@@H]1c1cccc(Br)c1. The fourth-order valence-electron chi connectivity index (χ4n) is 2.58. The van der Waals surface area contributed by atoms with E-state index in [-0.39, 0.29) is 11.8 Å². The van der Waals surface area contributed by atoms with E-state index in [2.05, 4.69) is 38.4 Å². The maximum absolute atomic E-state index is 12.1. The molecule has 1 fully saturated rings. The van der Waals surface area contributed by atoms with E-state index in [9.17, 15) is 4.79 Å². The summed E-state index contributed by atoms with van der Waals surface area (Å²) in [4.78, 5) is 16.4. The van der Waals surface area contributed by atoms with Gasteiger partial charge in [-0.2, -0.15) is 0 Å². The molecule has 1 aromatic carbocycles. The molecule has 1 aliphatic carbocycles. The maximum atomic E-state index is 12.1. The van der Waals surface area contributed by atoms with Crippen LogP contribution in [0.1, 0.15) is 23.6 Å². The molecule has 1 saturated carbocycles. The number of carbonyl (C=O) groups is 1. The Morgan fingerprint density at radius 2 is 2.19 bits per heavy atom. The molecule has 4 heteroatoms. The monoisotopic (exact) mass is 344 g/mol. The van der Waals surface area contributed by atoms with Gasteiger partial charge in [0, 0.05) is 35.2 Å². The van der Waals surface area contributed by atoms with Crippen molar-refractivity contribution in [2.75, 3.05) is 6.54 Å². The van der Waals surface area contributed by atoms with E-state index < -0.39 is 0 Å². The van der Waals surface area contributed by atoms with Crippen LogP contribution < -0.4 is 5.32 Å². The summed E-state index contributed by atoms with van der Waals surface area (Å²) in [5.41, 5.74) is 2.26. The third-order valence-electron chi connectivity index (χ3n) is 3.81. The second-order valence-electron chi connectivity index (χ2n) is 5.37. The minimum Gasteiger partial charge on any atom is -0.355 e. The predicted molar refractivity (Wildman–Crippen MR) is 85.9 cm³/mol. The van der Waals surface area contributed by atoms with Crippen LogP contribution in [0, 0.1) is 5.92 Å². The molecule has 3 rings (SSSR count). The van der Waals surface area contributed by atoms with Crippen LogP contribution in [0.3, 0.4) is 0 Å². The zero-order valence-corrected chi connectivity index (χ0v) is 13.2. The Labute approximate surface area is 132 Å². The lowest BCUT2D eigenvalue weighted by Gasteiger charge is -2.05. The molecule has 0 unspecified atom stereocenters. The lowest BCUT2D eigenvalue weighted by atomic mass is 10.1. The summed E-state index contributed by atoms with van der Waals surface area (Å²) in [5, 5.41) is 3.02. The molecule has 1 aromatic heterocycles. The van der Waals surface area contributed by atoms with E-state index in [0.29, 0.717) is 12.5 Å². The lowest BCUT2D eigenvalue weighted by molar-refractivity contribution is -0.122. The summed E-state index contributed by atoms with van der Waals surface area (Å²) >= 11 is 3.48. The topological polar surface area (TPSA) is 42.0 Å². The highest BCUT2D eigenvalue weighted by atomic mass is 79.9. The molecule has 0 saturated heterocycles. The van der Waals surface area contributed by atoms with Crippen molar-refractivity contribution in [3.8, 4) is 0 Å². The summed E-state index contributed by atoms with van der Waals surface area (Å²) in [6.45, 7) is 0.650. The summed E-state index contributed by atoms with van der Waals surface area (Å²) in [6, 6.07) is 14.1. The Balaban J connectivity index is 1.47. The molecule has 21 heavy (non-hydrogen) atoms. The lowest BCUT2D eigenvalue weighted by Crippen LogP contribution is -2.27. The predicted octanol–water partition coefficient (Wildman–Crippen LogP) is 3.31. The van der Waals surface area contributed by atoms with Crippen molar-refractivity contribution in [1.82, 2.24) is 10.3 Å². The number of nitrogens with one attached hydrogen (secondary N) is 1. The van der Waals surface area contributed by atoms with E-state index in [0.717, 1.165) is 23.0 Å². The van der Waals surface area contributed by atoms with Crippen LogP contribution in [-0.2, 0) is 11.2 Å². The van der Waals surface area contributed by atoms with Crippen molar-refractivity contribution < 1.29 is 4.79 Å². The number of pyridine rings is 1. The van der Waals surface area contributed by atoms with Gasteiger partial charge in [0.15, 0.2) is 0 Å². The summed E-state index contributed by atoms with van der Waals surface area (Å²) in [7, 11) is 0. The third kappa shape index (κ3) is 3.70. The zero-order chi connectivity index (χ0) is 14.7. The number of carbonyl (C=O) groups excluding carboxylic acids is 1. The fraction of sp³-hybridized carbons (Fsp3) is 0.294. The molecule has 0 radical (unpaired) electrons. The van der Waals surface area contributed by atoms with E-state index in [1.54, 1.807) is 6.20 Å². The zero-order valence-electron chi connectivity index (χ0n) is 11.6. The minimum atomic E-state index is 0.128. The Bertz CT molecular complexity index is 630. The van der Waals surface area contributed by atoms with Gasteiger partial charge in [-0.05, 0) is 42.2 Å². The highest BCUT2D eigenvalue weighted by Crippen LogP contribution is 2.47. The van der Waals surface area contributed by atoms with Gasteiger partial charge in [-0.3, -0.25) is 9.78 Å². The first-order chi connectivity index (χ1) is 10.2. The van der Waals surface area contributed by atoms with E-state index in [1.165, 1.54) is 5.56 Å². The van der Waals surface area contributed by atoms with Gasteiger partial charge < -0.3 is 5.32 Å². The highest BCUT2D eigenvalue weighted by Gasteiger charge is 2.43. The number of rotatable bonds is 5. The molecule has 108 valence electrons. The number of benzene rings is 1. The average Bonchev–Trinajstić information content (AvgIpc) is 3.29. The second kappa shape index (κ2) is 6.39. The first-order valence-electron chi connectivity index (χ1n) is 7.17. The highest BCUT2D eigenvalue weighted by molar-refractivity contribution is 9.10. The molecule has 3 nitrogen and oxygen atoms in total. The first kappa shape index (κ1) is 14.3. The Kier molecular flexibility index (Phi) is 4.34. The van der Waals surface area contributed by atoms with Gasteiger partial charge in [0.25, 0.3) is 0 Å². The van der Waals surface area contributed by atoms with Crippen LogP contribution >= 0.6 is 15.9 Å². The minimum absolute atomic E-state index is 0.128. The molecule has 1 amide bonds. The van der Waals surface area contributed by atoms with Crippen molar-refractivity contribution in [2.45, 2.75) is 18.8 Å². The van der Waals surface area contributed by atoms with Crippen molar-refractivity contribution >= 4 is 21.8 Å². The number of hydrogen-bond donors (Lipinski definition) is 1. The van der Waals surface area contributed by atoms with Crippen molar-refractivity contribution in [3.05, 3.63) is 64.4 Å².